The van der Waals surface area contributed by atoms with E-state index in [-0.39, 0.29) is 5.91 Å². The predicted molar refractivity (Wildman–Crippen MR) is 94.0 cm³/mol. The fourth-order valence-electron chi connectivity index (χ4n) is 3.45. The molecule has 1 amide bonds. The third-order valence-electron chi connectivity index (χ3n) is 5.18. The summed E-state index contributed by atoms with van der Waals surface area (Å²) in [6.07, 6.45) is 7.40. The molecule has 0 bridgehead atoms. The molecule has 0 atom stereocenters. The van der Waals surface area contributed by atoms with Crippen LogP contribution < -0.4 is 10.2 Å². The molecule has 2 fully saturated rings. The Hall–Kier alpha value is -2.01. The van der Waals surface area contributed by atoms with Crippen LogP contribution in [0.5, 0.6) is 5.75 Å². The van der Waals surface area contributed by atoms with Crippen molar-refractivity contribution in [3.05, 3.63) is 30.0 Å². The van der Waals surface area contributed by atoms with Gasteiger partial charge < -0.3 is 9.72 Å². The van der Waals surface area contributed by atoms with Crippen molar-refractivity contribution in [2.24, 2.45) is 5.92 Å². The number of fused-ring (bicyclic) bond motifs is 1. The molecule has 1 saturated carbocycles. The quantitative estimate of drug-likeness (QED) is 0.884. The van der Waals surface area contributed by atoms with Gasteiger partial charge in [0.1, 0.15) is 11.4 Å². The first kappa shape index (κ1) is 15.5. The van der Waals surface area contributed by atoms with Crippen LogP contribution in [0.15, 0.2) is 24.3 Å². The zero-order valence-corrected chi connectivity index (χ0v) is 14.0. The largest absolute Gasteiger partial charge is 0.493 e. The molecule has 1 aliphatic carbocycles. The van der Waals surface area contributed by atoms with E-state index in [2.05, 4.69) is 10.4 Å². The van der Waals surface area contributed by atoms with E-state index in [0.717, 1.165) is 49.2 Å². The molecule has 0 spiro atoms. The number of hydrogen-bond donors (Lipinski definition) is 2. The number of aromatic nitrogens is 1. The van der Waals surface area contributed by atoms with Gasteiger partial charge >= 0.3 is 0 Å². The summed E-state index contributed by atoms with van der Waals surface area (Å²) in [5.41, 5.74) is 4.55. The van der Waals surface area contributed by atoms with Gasteiger partial charge in [-0.1, -0.05) is 18.9 Å². The molecular weight excluding hydrogens is 302 g/mol. The number of carbonyl (C=O) groups is 1. The van der Waals surface area contributed by atoms with Crippen LogP contribution in [0.4, 0.5) is 0 Å². The van der Waals surface area contributed by atoms with E-state index in [1.807, 2.05) is 29.3 Å². The first-order valence-corrected chi connectivity index (χ1v) is 9.10. The van der Waals surface area contributed by atoms with Gasteiger partial charge in [0.15, 0.2) is 0 Å². The summed E-state index contributed by atoms with van der Waals surface area (Å²) in [6, 6.07) is 7.86. The number of nitrogens with zero attached hydrogens (tertiary/aromatic N) is 1. The summed E-state index contributed by atoms with van der Waals surface area (Å²) in [5.74, 6) is 1.49. The standard InChI is InChI=1S/C19H25N3O2/c23-19(21-22-10-2-1-3-11-22)17-12-15-16(20-17)8-5-9-18(15)24-13-14-6-4-7-14/h5,8-9,12,14,20H,1-4,6-7,10-11,13H2,(H,21,23). The first-order chi connectivity index (χ1) is 11.8. The predicted octanol–water partition coefficient (Wildman–Crippen LogP) is 3.48. The smallest absolute Gasteiger partial charge is 0.282 e. The number of amides is 1. The number of ether oxygens (including phenoxy) is 1. The summed E-state index contributed by atoms with van der Waals surface area (Å²) < 4.78 is 6.00. The minimum Gasteiger partial charge on any atom is -0.493 e. The molecule has 1 saturated heterocycles. The van der Waals surface area contributed by atoms with Crippen molar-refractivity contribution in [2.75, 3.05) is 19.7 Å². The molecule has 1 aromatic heterocycles. The number of nitrogens with one attached hydrogen (secondary N) is 2. The third-order valence-corrected chi connectivity index (χ3v) is 5.18. The zero-order valence-electron chi connectivity index (χ0n) is 14.0. The van der Waals surface area contributed by atoms with Crippen LogP contribution in [0.3, 0.4) is 0 Å². The second kappa shape index (κ2) is 6.85. The molecule has 4 rings (SSSR count). The molecule has 1 aliphatic heterocycles. The Balaban J connectivity index is 1.48. The van der Waals surface area contributed by atoms with Crippen LogP contribution in [0.2, 0.25) is 0 Å². The number of hydrogen-bond acceptors (Lipinski definition) is 3. The van der Waals surface area contributed by atoms with Gasteiger partial charge in [-0.2, -0.15) is 0 Å². The molecule has 2 aliphatic rings. The highest BCUT2D eigenvalue weighted by atomic mass is 16.5. The Kier molecular flexibility index (Phi) is 4.43. The van der Waals surface area contributed by atoms with E-state index in [4.69, 9.17) is 4.74 Å². The number of hydrazine groups is 1. The van der Waals surface area contributed by atoms with E-state index in [0.29, 0.717) is 11.6 Å². The number of carbonyl (C=O) groups excluding carboxylic acids is 1. The van der Waals surface area contributed by atoms with E-state index >= 15 is 0 Å². The summed E-state index contributed by atoms with van der Waals surface area (Å²) in [6.45, 7) is 2.64. The lowest BCUT2D eigenvalue weighted by atomic mass is 9.86. The van der Waals surface area contributed by atoms with Gasteiger partial charge in [-0.3, -0.25) is 10.2 Å². The van der Waals surface area contributed by atoms with E-state index < -0.39 is 0 Å². The fourth-order valence-corrected chi connectivity index (χ4v) is 3.45. The third kappa shape index (κ3) is 3.26. The molecule has 0 unspecified atom stereocenters. The number of piperidine rings is 1. The van der Waals surface area contributed by atoms with E-state index in [1.165, 1.54) is 25.7 Å². The molecule has 5 nitrogen and oxygen atoms in total. The summed E-state index contributed by atoms with van der Waals surface area (Å²) in [7, 11) is 0. The van der Waals surface area contributed by atoms with Gasteiger partial charge in [-0.15, -0.1) is 0 Å². The van der Waals surface area contributed by atoms with Gasteiger partial charge in [0, 0.05) is 24.0 Å². The average Bonchev–Trinajstić information content (AvgIpc) is 2.99. The topological polar surface area (TPSA) is 57.4 Å². The van der Waals surface area contributed by atoms with Gasteiger partial charge in [0.05, 0.1) is 6.61 Å². The van der Waals surface area contributed by atoms with E-state index in [9.17, 15) is 4.79 Å². The van der Waals surface area contributed by atoms with Crippen molar-refractivity contribution in [1.82, 2.24) is 15.4 Å². The van der Waals surface area contributed by atoms with Crippen LogP contribution >= 0.6 is 0 Å². The zero-order chi connectivity index (χ0) is 16.4. The SMILES string of the molecule is O=C(NN1CCCCC1)c1cc2c(OCC3CCC3)cccc2[nH]1. The molecule has 2 heterocycles. The van der Waals surface area contributed by atoms with Crippen molar-refractivity contribution >= 4 is 16.8 Å². The minimum atomic E-state index is -0.0713. The maximum absolute atomic E-state index is 12.5. The summed E-state index contributed by atoms with van der Waals surface area (Å²) >= 11 is 0. The Bertz CT molecular complexity index is 714. The maximum atomic E-state index is 12.5. The molecule has 24 heavy (non-hydrogen) atoms. The molecule has 1 aromatic carbocycles. The van der Waals surface area contributed by atoms with Gasteiger partial charge in [0.25, 0.3) is 5.91 Å². The Labute approximate surface area is 142 Å². The second-order valence-electron chi connectivity index (χ2n) is 7.00. The Morgan fingerprint density at radius 2 is 2.04 bits per heavy atom. The Morgan fingerprint density at radius 1 is 1.21 bits per heavy atom. The van der Waals surface area contributed by atoms with Crippen molar-refractivity contribution < 1.29 is 9.53 Å². The van der Waals surface area contributed by atoms with Crippen molar-refractivity contribution in [3.63, 3.8) is 0 Å². The molecule has 128 valence electrons. The van der Waals surface area contributed by atoms with Crippen molar-refractivity contribution in [3.8, 4) is 5.75 Å². The van der Waals surface area contributed by atoms with E-state index in [1.54, 1.807) is 0 Å². The van der Waals surface area contributed by atoms with Crippen molar-refractivity contribution in [2.45, 2.75) is 38.5 Å². The van der Waals surface area contributed by atoms with Gasteiger partial charge in [-0.05, 0) is 49.8 Å². The fraction of sp³-hybridized carbons (Fsp3) is 0.526. The summed E-state index contributed by atoms with van der Waals surface area (Å²) in [5, 5.41) is 3.01. The molecular formula is C19H25N3O2. The number of aromatic amines is 1. The molecule has 2 N–H and O–H groups in total. The van der Waals surface area contributed by atoms with Crippen LogP contribution in [-0.4, -0.2) is 35.6 Å². The lowest BCUT2D eigenvalue weighted by Crippen LogP contribution is -2.45. The van der Waals surface area contributed by atoms with Crippen LogP contribution in [0.25, 0.3) is 10.9 Å². The number of benzene rings is 1. The highest BCUT2D eigenvalue weighted by molar-refractivity contribution is 5.99. The second-order valence-corrected chi connectivity index (χ2v) is 7.00. The number of H-pyrrole nitrogens is 1. The maximum Gasteiger partial charge on any atom is 0.282 e. The minimum absolute atomic E-state index is 0.0713. The number of rotatable bonds is 5. The van der Waals surface area contributed by atoms with Gasteiger partial charge in [-0.25, -0.2) is 5.01 Å². The Morgan fingerprint density at radius 3 is 2.79 bits per heavy atom. The lowest BCUT2D eigenvalue weighted by Gasteiger charge is -2.26. The first-order valence-electron chi connectivity index (χ1n) is 9.10. The monoisotopic (exact) mass is 327 g/mol. The molecule has 0 radical (unpaired) electrons. The highest BCUT2D eigenvalue weighted by Crippen LogP contribution is 2.30. The van der Waals surface area contributed by atoms with Crippen LogP contribution in [0.1, 0.15) is 49.0 Å². The van der Waals surface area contributed by atoms with Crippen molar-refractivity contribution in [1.29, 1.82) is 0 Å². The molecule has 5 heteroatoms. The summed E-state index contributed by atoms with van der Waals surface area (Å²) in [4.78, 5) is 15.7. The van der Waals surface area contributed by atoms with Crippen LogP contribution in [0, 0.1) is 5.92 Å². The highest BCUT2D eigenvalue weighted by Gasteiger charge is 2.20. The molecule has 2 aromatic rings. The lowest BCUT2D eigenvalue weighted by molar-refractivity contribution is 0.0745. The van der Waals surface area contributed by atoms with Gasteiger partial charge in [0.2, 0.25) is 0 Å². The van der Waals surface area contributed by atoms with Crippen LogP contribution in [-0.2, 0) is 0 Å². The normalized spacial score (nSPS) is 19.2. The average molecular weight is 327 g/mol.